The molecule has 0 amide bonds. The van der Waals surface area contributed by atoms with Crippen LogP contribution in [0.15, 0.2) is 35.4 Å². The highest BCUT2D eigenvalue weighted by Gasteiger charge is 2.17. The van der Waals surface area contributed by atoms with Crippen LogP contribution in [0.25, 0.3) is 0 Å². The Morgan fingerprint density at radius 3 is 2.54 bits per heavy atom. The molecule has 24 heavy (non-hydrogen) atoms. The number of hydrogen-bond acceptors (Lipinski definition) is 6. The lowest BCUT2D eigenvalue weighted by molar-refractivity contribution is 0.521. The zero-order chi connectivity index (χ0) is 17.9. The zero-order valence-corrected chi connectivity index (χ0v) is 15.3. The van der Waals surface area contributed by atoms with E-state index in [0.717, 1.165) is 5.56 Å². The van der Waals surface area contributed by atoms with Crippen molar-refractivity contribution >= 4 is 27.5 Å². The number of benzene rings is 1. The van der Waals surface area contributed by atoms with Gasteiger partial charge in [-0.05, 0) is 39.0 Å². The molecule has 2 rings (SSSR count). The molecule has 1 aromatic heterocycles. The molecule has 7 nitrogen and oxygen atoms in total. The van der Waals surface area contributed by atoms with E-state index in [1.54, 1.807) is 30.5 Å². The maximum absolute atomic E-state index is 12.2. The van der Waals surface area contributed by atoms with Crippen molar-refractivity contribution in [3.8, 4) is 0 Å². The fraction of sp³-hybridized carbons (Fsp3) is 0.375. The fourth-order valence-electron chi connectivity index (χ4n) is 1.98. The first kappa shape index (κ1) is 18.2. The van der Waals surface area contributed by atoms with Gasteiger partial charge in [-0.15, -0.1) is 0 Å². The maximum atomic E-state index is 12.2. The molecule has 8 heteroatoms. The Morgan fingerprint density at radius 2 is 1.92 bits per heavy atom. The topological polar surface area (TPSA) is 87.2 Å². The molecule has 0 saturated heterocycles. The van der Waals surface area contributed by atoms with Gasteiger partial charge in [0.2, 0.25) is 16.0 Å². The number of nitrogens with one attached hydrogen (secondary N) is 2. The van der Waals surface area contributed by atoms with Crippen LogP contribution in [0, 0.1) is 6.92 Å². The highest BCUT2D eigenvalue weighted by atomic mass is 32.2. The first-order valence-electron chi connectivity index (χ1n) is 7.60. The average Bonchev–Trinajstić information content (AvgIpc) is 2.50. The summed E-state index contributed by atoms with van der Waals surface area (Å²) in [5, 5.41) is 6.31. The molecular formula is C16H23N5O2S. The van der Waals surface area contributed by atoms with E-state index in [-0.39, 0.29) is 10.9 Å². The van der Waals surface area contributed by atoms with Crippen LogP contribution < -0.4 is 10.6 Å². The van der Waals surface area contributed by atoms with Gasteiger partial charge >= 0.3 is 0 Å². The summed E-state index contributed by atoms with van der Waals surface area (Å²) in [7, 11) is -0.462. The summed E-state index contributed by atoms with van der Waals surface area (Å²) in [6.45, 7) is 5.90. The first-order valence-corrected chi connectivity index (χ1v) is 9.04. The highest BCUT2D eigenvalue weighted by molar-refractivity contribution is 7.89. The number of sulfonamides is 1. The lowest BCUT2D eigenvalue weighted by atomic mass is 10.3. The second-order valence-electron chi connectivity index (χ2n) is 5.96. The van der Waals surface area contributed by atoms with E-state index < -0.39 is 10.0 Å². The van der Waals surface area contributed by atoms with Crippen molar-refractivity contribution in [2.24, 2.45) is 0 Å². The monoisotopic (exact) mass is 349 g/mol. The Bertz CT molecular complexity index is 819. The summed E-state index contributed by atoms with van der Waals surface area (Å²) in [5.74, 6) is 1.16. The molecule has 0 radical (unpaired) electrons. The standard InChI is InChI=1S/C16H23N5O2S/c1-11(2)18-16-17-10-12(3)15(20-16)19-13-7-6-8-14(9-13)24(22,23)21(4)5/h6-11H,1-5H3,(H2,17,18,19,20). The van der Waals surface area contributed by atoms with Crippen molar-refractivity contribution in [2.75, 3.05) is 24.7 Å². The van der Waals surface area contributed by atoms with Crippen molar-refractivity contribution in [3.05, 3.63) is 36.0 Å². The van der Waals surface area contributed by atoms with Gasteiger partial charge in [0, 0.05) is 37.6 Å². The molecule has 0 unspecified atom stereocenters. The molecule has 2 N–H and O–H groups in total. The van der Waals surface area contributed by atoms with Crippen molar-refractivity contribution in [1.29, 1.82) is 0 Å². The third-order valence-corrected chi connectivity index (χ3v) is 5.08. The minimum Gasteiger partial charge on any atom is -0.352 e. The second kappa shape index (κ2) is 7.14. The predicted molar refractivity (Wildman–Crippen MR) is 96.1 cm³/mol. The van der Waals surface area contributed by atoms with Crippen LogP contribution in [-0.4, -0.2) is 42.8 Å². The summed E-state index contributed by atoms with van der Waals surface area (Å²) in [5.41, 5.74) is 1.51. The molecule has 0 aliphatic carbocycles. The molecule has 0 bridgehead atoms. The molecule has 2 aromatic rings. The van der Waals surface area contributed by atoms with Crippen molar-refractivity contribution in [2.45, 2.75) is 31.7 Å². The number of aryl methyl sites for hydroxylation is 1. The van der Waals surface area contributed by atoms with Crippen LogP contribution in [0.3, 0.4) is 0 Å². The Morgan fingerprint density at radius 1 is 1.21 bits per heavy atom. The van der Waals surface area contributed by atoms with Crippen molar-refractivity contribution < 1.29 is 8.42 Å². The van der Waals surface area contributed by atoms with Gasteiger partial charge in [0.05, 0.1) is 4.90 Å². The quantitative estimate of drug-likeness (QED) is 0.833. The smallest absolute Gasteiger partial charge is 0.242 e. The number of hydrogen-bond donors (Lipinski definition) is 2. The molecule has 1 heterocycles. The third-order valence-electron chi connectivity index (χ3n) is 3.26. The number of aromatic nitrogens is 2. The molecule has 0 aliphatic heterocycles. The van der Waals surface area contributed by atoms with E-state index in [9.17, 15) is 8.42 Å². The normalized spacial score (nSPS) is 11.8. The third kappa shape index (κ3) is 4.21. The molecule has 0 fully saturated rings. The van der Waals surface area contributed by atoms with Crippen LogP contribution in [-0.2, 0) is 10.0 Å². The Labute approximate surface area is 143 Å². The molecule has 130 valence electrons. The molecule has 1 aromatic carbocycles. The molecular weight excluding hydrogens is 326 g/mol. The lowest BCUT2D eigenvalue weighted by Gasteiger charge is -2.14. The summed E-state index contributed by atoms with van der Waals surface area (Å²) < 4.78 is 25.7. The highest BCUT2D eigenvalue weighted by Crippen LogP contribution is 2.23. The van der Waals surface area contributed by atoms with Crippen LogP contribution in [0.2, 0.25) is 0 Å². The molecule has 0 saturated carbocycles. The van der Waals surface area contributed by atoms with Crippen LogP contribution in [0.5, 0.6) is 0 Å². The van der Waals surface area contributed by atoms with E-state index in [1.165, 1.54) is 18.4 Å². The Balaban J connectivity index is 2.32. The summed E-state index contributed by atoms with van der Waals surface area (Å²) in [4.78, 5) is 8.90. The van der Waals surface area contributed by atoms with E-state index in [1.807, 2.05) is 20.8 Å². The van der Waals surface area contributed by atoms with Gasteiger partial charge in [-0.3, -0.25) is 0 Å². The minimum atomic E-state index is -3.48. The number of anilines is 3. The van der Waals surface area contributed by atoms with Crippen LogP contribution in [0.4, 0.5) is 17.5 Å². The number of rotatable bonds is 6. The average molecular weight is 349 g/mol. The fourth-order valence-corrected chi connectivity index (χ4v) is 2.93. The summed E-state index contributed by atoms with van der Waals surface area (Å²) >= 11 is 0. The van der Waals surface area contributed by atoms with Gasteiger partial charge in [-0.25, -0.2) is 17.7 Å². The van der Waals surface area contributed by atoms with E-state index >= 15 is 0 Å². The summed E-state index contributed by atoms with van der Waals surface area (Å²) in [6.07, 6.45) is 1.72. The zero-order valence-electron chi connectivity index (χ0n) is 14.5. The molecule has 0 aliphatic rings. The maximum Gasteiger partial charge on any atom is 0.242 e. The predicted octanol–water partition coefficient (Wildman–Crippen LogP) is 2.60. The minimum absolute atomic E-state index is 0.217. The summed E-state index contributed by atoms with van der Waals surface area (Å²) in [6, 6.07) is 6.87. The van der Waals surface area contributed by atoms with Gasteiger partial charge in [-0.2, -0.15) is 4.98 Å². The van der Waals surface area contributed by atoms with Gasteiger partial charge in [-0.1, -0.05) is 6.07 Å². The van der Waals surface area contributed by atoms with Crippen LogP contribution in [0.1, 0.15) is 19.4 Å². The number of nitrogens with zero attached hydrogens (tertiary/aromatic N) is 3. The van der Waals surface area contributed by atoms with E-state index in [2.05, 4.69) is 20.6 Å². The van der Waals surface area contributed by atoms with E-state index in [0.29, 0.717) is 17.5 Å². The molecule has 0 atom stereocenters. The van der Waals surface area contributed by atoms with Gasteiger partial charge in [0.15, 0.2) is 0 Å². The lowest BCUT2D eigenvalue weighted by Crippen LogP contribution is -2.22. The first-order chi connectivity index (χ1) is 11.2. The van der Waals surface area contributed by atoms with Crippen LogP contribution >= 0.6 is 0 Å². The Hall–Kier alpha value is -2.19. The van der Waals surface area contributed by atoms with Crippen molar-refractivity contribution in [1.82, 2.24) is 14.3 Å². The van der Waals surface area contributed by atoms with Gasteiger partial charge in [0.1, 0.15) is 5.82 Å². The largest absolute Gasteiger partial charge is 0.352 e. The van der Waals surface area contributed by atoms with Gasteiger partial charge in [0.25, 0.3) is 0 Å². The van der Waals surface area contributed by atoms with Crippen molar-refractivity contribution in [3.63, 3.8) is 0 Å². The molecule has 0 spiro atoms. The Kier molecular flexibility index (Phi) is 5.40. The SMILES string of the molecule is Cc1cnc(NC(C)C)nc1Nc1cccc(S(=O)(=O)N(C)C)c1. The van der Waals surface area contributed by atoms with E-state index in [4.69, 9.17) is 0 Å². The van der Waals surface area contributed by atoms with Gasteiger partial charge < -0.3 is 10.6 Å². The second-order valence-corrected chi connectivity index (χ2v) is 8.12.